The van der Waals surface area contributed by atoms with Crippen molar-refractivity contribution in [3.63, 3.8) is 0 Å². The van der Waals surface area contributed by atoms with Crippen LogP contribution in [0.1, 0.15) is 106 Å². The zero-order valence-corrected chi connectivity index (χ0v) is 15.8. The molecule has 1 aromatic carbocycles. The Kier molecular flexibility index (Phi) is 8.05. The van der Waals surface area contributed by atoms with Crippen LogP contribution in [0.25, 0.3) is 0 Å². The summed E-state index contributed by atoms with van der Waals surface area (Å²) in [6.45, 7) is 4.19. The fourth-order valence-corrected chi connectivity index (χ4v) is 4.01. The third kappa shape index (κ3) is 5.36. The van der Waals surface area contributed by atoms with Gasteiger partial charge in [0, 0.05) is 6.42 Å². The largest absolute Gasteiger partial charge is 0.294 e. The lowest BCUT2D eigenvalue weighted by molar-refractivity contribution is 0.0974. The molecule has 1 fully saturated rings. The van der Waals surface area contributed by atoms with Gasteiger partial charge in [0.25, 0.3) is 0 Å². The van der Waals surface area contributed by atoms with Crippen LogP contribution < -0.4 is 0 Å². The molecule has 0 aliphatic heterocycles. The van der Waals surface area contributed by atoms with E-state index in [-0.39, 0.29) is 23.7 Å². The predicted octanol–water partition coefficient (Wildman–Crippen LogP) is 7.19. The van der Waals surface area contributed by atoms with Crippen LogP contribution >= 0.6 is 0 Å². The van der Waals surface area contributed by atoms with Gasteiger partial charge in [-0.1, -0.05) is 52.0 Å². The summed E-state index contributed by atoms with van der Waals surface area (Å²) in [7, 11) is 0. The highest BCUT2D eigenvalue weighted by Crippen LogP contribution is 2.39. The topological polar surface area (TPSA) is 17.1 Å². The summed E-state index contributed by atoms with van der Waals surface area (Å²) in [6, 6.07) is 3.15. The Morgan fingerprint density at radius 3 is 2.28 bits per heavy atom. The van der Waals surface area contributed by atoms with Crippen molar-refractivity contribution in [3.8, 4) is 0 Å². The smallest absolute Gasteiger partial charge is 0.169 e. The number of hydrogen-bond donors (Lipinski definition) is 0. The van der Waals surface area contributed by atoms with E-state index in [1.807, 2.05) is 6.92 Å². The van der Waals surface area contributed by atoms with Gasteiger partial charge in [-0.25, -0.2) is 8.78 Å². The highest BCUT2D eigenvalue weighted by molar-refractivity contribution is 5.96. The minimum Gasteiger partial charge on any atom is -0.294 e. The summed E-state index contributed by atoms with van der Waals surface area (Å²) in [5.74, 6) is -1.19. The molecule has 0 spiro atoms. The van der Waals surface area contributed by atoms with Crippen molar-refractivity contribution in [2.45, 2.75) is 90.4 Å². The van der Waals surface area contributed by atoms with Crippen LogP contribution in [0, 0.1) is 17.6 Å². The van der Waals surface area contributed by atoms with Gasteiger partial charge in [0.1, 0.15) is 0 Å². The molecule has 0 unspecified atom stereocenters. The van der Waals surface area contributed by atoms with Gasteiger partial charge >= 0.3 is 0 Å². The van der Waals surface area contributed by atoms with Crippen LogP contribution in [0.2, 0.25) is 0 Å². The van der Waals surface area contributed by atoms with Gasteiger partial charge in [-0.3, -0.25) is 4.79 Å². The van der Waals surface area contributed by atoms with E-state index in [4.69, 9.17) is 0 Å². The van der Waals surface area contributed by atoms with E-state index in [1.165, 1.54) is 31.7 Å². The molecule has 0 N–H and O–H groups in total. The highest BCUT2D eigenvalue weighted by Gasteiger charge is 2.27. The molecule has 0 saturated heterocycles. The Morgan fingerprint density at radius 2 is 1.64 bits per heavy atom. The third-order valence-electron chi connectivity index (χ3n) is 5.67. The number of ketones is 1. The summed E-state index contributed by atoms with van der Waals surface area (Å²) in [6.07, 6.45) is 11.0. The molecule has 0 atom stereocenters. The van der Waals surface area contributed by atoms with Crippen molar-refractivity contribution in [1.82, 2.24) is 0 Å². The Hall–Kier alpha value is -1.25. The maximum atomic E-state index is 14.5. The van der Waals surface area contributed by atoms with Crippen LogP contribution in [0.15, 0.2) is 12.1 Å². The first kappa shape index (κ1) is 20.1. The van der Waals surface area contributed by atoms with Gasteiger partial charge in [0.2, 0.25) is 0 Å². The number of halogens is 2. The molecular weight excluding hydrogens is 318 g/mol. The number of benzene rings is 1. The summed E-state index contributed by atoms with van der Waals surface area (Å²) in [4.78, 5) is 12.0. The number of carbonyl (C=O) groups excluding carboxylic acids is 1. The van der Waals surface area contributed by atoms with Crippen molar-refractivity contribution in [1.29, 1.82) is 0 Å². The fourth-order valence-electron chi connectivity index (χ4n) is 4.01. The molecule has 25 heavy (non-hydrogen) atoms. The lowest BCUT2D eigenvalue weighted by atomic mass is 9.76. The zero-order chi connectivity index (χ0) is 18.2. The van der Waals surface area contributed by atoms with E-state index >= 15 is 0 Å². The molecular formula is C22H32F2O. The van der Waals surface area contributed by atoms with Gasteiger partial charge in [-0.15, -0.1) is 0 Å². The summed E-state index contributed by atoms with van der Waals surface area (Å²) < 4.78 is 28.9. The van der Waals surface area contributed by atoms with E-state index < -0.39 is 11.6 Å². The fraction of sp³-hybridized carbons (Fsp3) is 0.682. The third-order valence-corrected chi connectivity index (χ3v) is 5.67. The number of carbonyl (C=O) groups is 1. The molecule has 140 valence electrons. The molecule has 0 heterocycles. The molecule has 0 radical (unpaired) electrons. The van der Waals surface area contributed by atoms with Crippen LogP contribution in [-0.4, -0.2) is 5.78 Å². The normalized spacial score (nSPS) is 20.6. The maximum Gasteiger partial charge on any atom is 0.169 e. The Bertz CT molecular complexity index is 559. The van der Waals surface area contributed by atoms with Gasteiger partial charge in [-0.05, 0) is 55.6 Å². The second-order valence-electron chi connectivity index (χ2n) is 7.57. The molecule has 0 aromatic heterocycles. The summed E-state index contributed by atoms with van der Waals surface area (Å²) >= 11 is 0. The molecule has 3 heteroatoms. The van der Waals surface area contributed by atoms with Gasteiger partial charge < -0.3 is 0 Å². The van der Waals surface area contributed by atoms with Crippen LogP contribution in [0.5, 0.6) is 0 Å². The average molecular weight is 350 g/mol. The van der Waals surface area contributed by atoms with Gasteiger partial charge in [0.15, 0.2) is 17.4 Å². The average Bonchev–Trinajstić information content (AvgIpc) is 2.63. The van der Waals surface area contributed by atoms with E-state index in [2.05, 4.69) is 6.92 Å². The number of hydrogen-bond acceptors (Lipinski definition) is 1. The number of Topliss-reactive ketones (excluding diaryl/α,β-unsaturated/α-hetero) is 1. The van der Waals surface area contributed by atoms with E-state index in [0.29, 0.717) is 12.0 Å². The van der Waals surface area contributed by atoms with Gasteiger partial charge in [0.05, 0.1) is 5.56 Å². The maximum absolute atomic E-state index is 14.5. The van der Waals surface area contributed by atoms with E-state index in [0.717, 1.165) is 38.0 Å². The standard InChI is InChI=1S/C22H32F2O/c1-3-5-7-8-16-10-12-17(13-11-16)18-14-15-19(22(24)21(18)23)20(25)9-6-4-2/h14-17H,3-13H2,1-2H3. The van der Waals surface area contributed by atoms with Crippen molar-refractivity contribution in [3.05, 3.63) is 34.9 Å². The molecule has 1 aliphatic carbocycles. The minimum absolute atomic E-state index is 0.0806. The predicted molar refractivity (Wildman–Crippen MR) is 99.1 cm³/mol. The Balaban J connectivity index is 1.99. The SMILES string of the molecule is CCCCCC1CCC(c2ccc(C(=O)CCCC)c(F)c2F)CC1. The monoisotopic (exact) mass is 350 g/mol. The van der Waals surface area contributed by atoms with Crippen molar-refractivity contribution >= 4 is 5.78 Å². The van der Waals surface area contributed by atoms with Crippen LogP contribution in [-0.2, 0) is 0 Å². The van der Waals surface area contributed by atoms with E-state index in [9.17, 15) is 13.6 Å². The molecule has 2 rings (SSSR count). The second-order valence-corrected chi connectivity index (χ2v) is 7.57. The van der Waals surface area contributed by atoms with Crippen molar-refractivity contribution in [2.24, 2.45) is 5.92 Å². The van der Waals surface area contributed by atoms with Gasteiger partial charge in [-0.2, -0.15) is 0 Å². The molecule has 1 nitrogen and oxygen atoms in total. The Morgan fingerprint density at radius 1 is 0.960 bits per heavy atom. The molecule has 0 bridgehead atoms. The molecule has 1 aliphatic rings. The second kappa shape index (κ2) is 10.0. The van der Waals surface area contributed by atoms with Crippen LogP contribution in [0.3, 0.4) is 0 Å². The highest BCUT2D eigenvalue weighted by atomic mass is 19.2. The first-order valence-electron chi connectivity index (χ1n) is 10.1. The van der Waals surface area contributed by atoms with Crippen molar-refractivity contribution < 1.29 is 13.6 Å². The first-order valence-corrected chi connectivity index (χ1v) is 10.1. The van der Waals surface area contributed by atoms with Crippen molar-refractivity contribution in [2.75, 3.05) is 0 Å². The van der Waals surface area contributed by atoms with E-state index in [1.54, 1.807) is 6.07 Å². The lowest BCUT2D eigenvalue weighted by Crippen LogP contribution is -2.16. The first-order chi connectivity index (χ1) is 12.1. The number of rotatable bonds is 9. The summed E-state index contributed by atoms with van der Waals surface area (Å²) in [5, 5.41) is 0. The zero-order valence-electron chi connectivity index (χ0n) is 15.8. The molecule has 1 saturated carbocycles. The Labute approximate surface area is 151 Å². The lowest BCUT2D eigenvalue weighted by Gasteiger charge is -2.29. The minimum atomic E-state index is -0.941. The van der Waals surface area contributed by atoms with Crippen LogP contribution in [0.4, 0.5) is 8.78 Å². The molecule has 1 aromatic rings. The quantitative estimate of drug-likeness (QED) is 0.340. The molecule has 0 amide bonds. The number of unbranched alkanes of at least 4 members (excludes halogenated alkanes) is 3. The summed E-state index contributed by atoms with van der Waals surface area (Å²) in [5.41, 5.74) is 0.388.